The van der Waals surface area contributed by atoms with E-state index in [1.165, 1.54) is 16.7 Å². The summed E-state index contributed by atoms with van der Waals surface area (Å²) in [5, 5.41) is 48.0. The number of rotatable bonds is 20. The molecular formula is C38H49NO8. The summed E-state index contributed by atoms with van der Waals surface area (Å²) in [6, 6.07) is 16.8. The quantitative estimate of drug-likeness (QED) is 0.110. The van der Waals surface area contributed by atoms with Gasteiger partial charge in [0.25, 0.3) is 0 Å². The lowest BCUT2D eigenvalue weighted by molar-refractivity contribution is -0.125. The van der Waals surface area contributed by atoms with Gasteiger partial charge in [-0.05, 0) is 92.7 Å². The van der Waals surface area contributed by atoms with Crippen LogP contribution in [0.15, 0.2) is 60.9 Å². The fraction of sp³-hybridized carbons (Fsp3) is 0.526. The first-order valence-electron chi connectivity index (χ1n) is 17.0. The number of hydrogen-bond acceptors (Lipinski definition) is 9. The van der Waals surface area contributed by atoms with Crippen LogP contribution in [0, 0.1) is 6.92 Å². The van der Waals surface area contributed by atoms with Gasteiger partial charge in [0.15, 0.2) is 0 Å². The number of Topliss-reactive ketones (excluding diaryl/α,β-unsaturated/α-hetero) is 1. The first-order chi connectivity index (χ1) is 22.7. The Morgan fingerprint density at radius 1 is 0.936 bits per heavy atom. The van der Waals surface area contributed by atoms with Crippen LogP contribution < -0.4 is 4.74 Å². The molecule has 0 aliphatic heterocycles. The van der Waals surface area contributed by atoms with Gasteiger partial charge in [0.05, 0.1) is 31.0 Å². The summed E-state index contributed by atoms with van der Waals surface area (Å²) in [6.45, 7) is 1.89. The van der Waals surface area contributed by atoms with Crippen LogP contribution in [0.3, 0.4) is 0 Å². The fourth-order valence-corrected chi connectivity index (χ4v) is 6.00. The smallest absolute Gasteiger partial charge is 0.133 e. The third kappa shape index (κ3) is 9.47. The molecule has 1 aromatic heterocycles. The maximum absolute atomic E-state index is 12.3. The Bertz CT molecular complexity index is 1470. The molecule has 4 atom stereocenters. The molecule has 0 unspecified atom stereocenters. The maximum Gasteiger partial charge on any atom is 0.133 e. The Hall–Kier alpha value is -3.18. The minimum atomic E-state index is -1.68. The molecule has 5 rings (SSSR count). The lowest BCUT2D eigenvalue weighted by atomic mass is 9.96. The number of para-hydroxylation sites is 1. The van der Waals surface area contributed by atoms with Gasteiger partial charge in [-0.25, -0.2) is 0 Å². The Balaban J connectivity index is 1.09. The molecule has 47 heavy (non-hydrogen) atoms. The molecule has 0 saturated heterocycles. The normalized spacial score (nSPS) is 17.9. The van der Waals surface area contributed by atoms with Crippen molar-refractivity contribution in [3.05, 3.63) is 83.2 Å². The summed E-state index contributed by atoms with van der Waals surface area (Å²) in [5.41, 5.74) is 6.54. The number of ether oxygens (including phenoxy) is 2. The van der Waals surface area contributed by atoms with E-state index < -0.39 is 31.0 Å². The Labute approximate surface area is 277 Å². The summed E-state index contributed by atoms with van der Waals surface area (Å²) in [4.78, 5) is 16.8. The lowest BCUT2D eigenvalue weighted by Crippen LogP contribution is -2.45. The maximum atomic E-state index is 12.3. The minimum Gasteiger partial charge on any atom is -0.490 e. The van der Waals surface area contributed by atoms with Crippen molar-refractivity contribution in [2.45, 2.75) is 120 Å². The van der Waals surface area contributed by atoms with Crippen LogP contribution in [0.1, 0.15) is 86.5 Å². The van der Waals surface area contributed by atoms with Crippen molar-refractivity contribution in [2.75, 3.05) is 6.61 Å². The number of carbonyl (C=O) groups is 1. The Kier molecular flexibility index (Phi) is 12.2. The molecule has 0 bridgehead atoms. The lowest BCUT2D eigenvalue weighted by Gasteiger charge is -2.25. The predicted molar refractivity (Wildman–Crippen MR) is 178 cm³/mol. The van der Waals surface area contributed by atoms with E-state index in [4.69, 9.17) is 14.6 Å². The van der Waals surface area contributed by atoms with Gasteiger partial charge >= 0.3 is 0 Å². The van der Waals surface area contributed by atoms with Crippen molar-refractivity contribution < 1.29 is 39.8 Å². The van der Waals surface area contributed by atoms with E-state index in [0.29, 0.717) is 19.1 Å². The number of ketones is 1. The molecule has 1 heterocycles. The molecule has 2 fully saturated rings. The van der Waals surface area contributed by atoms with Gasteiger partial charge in [-0.15, -0.1) is 0 Å². The summed E-state index contributed by atoms with van der Waals surface area (Å²) in [6.07, 6.45) is 5.87. The zero-order valence-electron chi connectivity index (χ0n) is 27.3. The number of carbonyl (C=O) groups excluding carboxylic acids is 1. The third-order valence-electron chi connectivity index (χ3n) is 9.39. The predicted octanol–water partition coefficient (Wildman–Crippen LogP) is 4.69. The van der Waals surface area contributed by atoms with Crippen LogP contribution in [-0.2, 0) is 28.2 Å². The molecule has 254 valence electrons. The van der Waals surface area contributed by atoms with Crippen molar-refractivity contribution in [3.63, 3.8) is 0 Å². The second kappa shape index (κ2) is 16.3. The number of aromatic nitrogens is 1. The van der Waals surface area contributed by atoms with E-state index in [0.717, 1.165) is 73.8 Å². The summed E-state index contributed by atoms with van der Waals surface area (Å²) in [5.74, 6) is 0.894. The zero-order chi connectivity index (χ0) is 33.4. The zero-order valence-corrected chi connectivity index (χ0v) is 27.3. The standard InChI is InChI=1S/C38H49NO8/c1-25-11-12-26(7-3-2-4-8-28(41)13-16-33(42)36(44)37(45)34(43)23-40)21-27(25)24-46-38(18-19-38)32-22-39-20-17-30(32)31-9-5-6-10-35(31)47-29-14-15-29/h5-6,9-12,17,20-22,29,33-34,36-37,40,42-45H,2-4,7-8,13-16,18-19,23-24H2,1H3/t33-,34+,36+,37+/m0/s1. The second-order valence-electron chi connectivity index (χ2n) is 13.2. The number of aryl methyl sites for hydroxylation is 2. The third-order valence-corrected chi connectivity index (χ3v) is 9.39. The SMILES string of the molecule is Cc1ccc(CCCCCC(=O)CC[C@H](O)[C@@H](O)[C@H](O)[C@H](O)CO)cc1COC1(c2cnccc2-c2ccccc2OC2CC2)CC1. The van der Waals surface area contributed by atoms with E-state index in [-0.39, 0.29) is 24.2 Å². The molecular weight excluding hydrogens is 598 g/mol. The first kappa shape index (κ1) is 35.1. The van der Waals surface area contributed by atoms with Crippen LogP contribution in [0.25, 0.3) is 11.1 Å². The van der Waals surface area contributed by atoms with Crippen LogP contribution in [0.4, 0.5) is 0 Å². The average Bonchev–Trinajstić information content (AvgIpc) is 4.04. The van der Waals surface area contributed by atoms with Crippen LogP contribution in [0.2, 0.25) is 0 Å². The highest BCUT2D eigenvalue weighted by Crippen LogP contribution is 2.53. The molecule has 2 saturated carbocycles. The molecule has 0 spiro atoms. The minimum absolute atomic E-state index is 0.0189. The summed E-state index contributed by atoms with van der Waals surface area (Å²) < 4.78 is 13.0. The van der Waals surface area contributed by atoms with Crippen LogP contribution in [0.5, 0.6) is 5.75 Å². The van der Waals surface area contributed by atoms with E-state index in [2.05, 4.69) is 42.2 Å². The molecule has 2 aliphatic carbocycles. The highest BCUT2D eigenvalue weighted by atomic mass is 16.5. The molecule has 5 N–H and O–H groups in total. The number of aliphatic hydroxyl groups is 5. The van der Waals surface area contributed by atoms with Crippen LogP contribution in [-0.4, -0.2) is 73.4 Å². The topological polar surface area (TPSA) is 150 Å². The van der Waals surface area contributed by atoms with Gasteiger partial charge in [-0.1, -0.05) is 42.8 Å². The van der Waals surface area contributed by atoms with Gasteiger partial charge in [0, 0.05) is 36.4 Å². The Morgan fingerprint density at radius 2 is 1.70 bits per heavy atom. The molecule has 2 aromatic carbocycles. The first-order valence-corrected chi connectivity index (χ1v) is 17.0. The van der Waals surface area contributed by atoms with E-state index in [1.807, 2.05) is 30.6 Å². The number of unbranched alkanes of at least 4 members (excludes halogenated alkanes) is 2. The summed E-state index contributed by atoms with van der Waals surface area (Å²) in [7, 11) is 0. The van der Waals surface area contributed by atoms with Crippen molar-refractivity contribution >= 4 is 5.78 Å². The van der Waals surface area contributed by atoms with Gasteiger partial charge in [-0.2, -0.15) is 0 Å². The van der Waals surface area contributed by atoms with E-state index >= 15 is 0 Å². The van der Waals surface area contributed by atoms with Crippen molar-refractivity contribution in [2.24, 2.45) is 0 Å². The Morgan fingerprint density at radius 3 is 2.45 bits per heavy atom. The number of benzene rings is 2. The van der Waals surface area contributed by atoms with Crippen molar-refractivity contribution in [3.8, 4) is 16.9 Å². The van der Waals surface area contributed by atoms with Crippen LogP contribution >= 0.6 is 0 Å². The number of nitrogens with zero attached hydrogens (tertiary/aromatic N) is 1. The van der Waals surface area contributed by atoms with Crippen molar-refractivity contribution in [1.29, 1.82) is 0 Å². The van der Waals surface area contributed by atoms with Gasteiger partial charge in [0.2, 0.25) is 0 Å². The average molecular weight is 648 g/mol. The fourth-order valence-electron chi connectivity index (χ4n) is 6.00. The van der Waals surface area contributed by atoms with Crippen molar-refractivity contribution in [1.82, 2.24) is 4.98 Å². The number of aliphatic hydroxyl groups excluding tert-OH is 5. The van der Waals surface area contributed by atoms with E-state index in [1.54, 1.807) is 0 Å². The highest BCUT2D eigenvalue weighted by Gasteiger charge is 2.47. The molecule has 2 aliphatic rings. The summed E-state index contributed by atoms with van der Waals surface area (Å²) >= 11 is 0. The highest BCUT2D eigenvalue weighted by molar-refractivity contribution is 5.78. The van der Waals surface area contributed by atoms with Gasteiger partial charge < -0.3 is 35.0 Å². The van der Waals surface area contributed by atoms with Gasteiger partial charge in [0.1, 0.15) is 29.8 Å². The largest absolute Gasteiger partial charge is 0.490 e. The second-order valence-corrected chi connectivity index (χ2v) is 13.2. The molecule has 9 heteroatoms. The molecule has 0 amide bonds. The van der Waals surface area contributed by atoms with E-state index in [9.17, 15) is 25.2 Å². The molecule has 0 radical (unpaired) electrons. The van der Waals surface area contributed by atoms with Gasteiger partial charge in [-0.3, -0.25) is 9.78 Å². The number of pyridine rings is 1. The molecule has 3 aromatic rings. The monoisotopic (exact) mass is 647 g/mol. The number of hydrogen-bond donors (Lipinski definition) is 5. The molecule has 9 nitrogen and oxygen atoms in total.